The zero-order chi connectivity index (χ0) is 25.1. The van der Waals surface area contributed by atoms with Gasteiger partial charge in [0.1, 0.15) is 21.4 Å². The second-order valence-corrected chi connectivity index (χ2v) is 10.6. The van der Waals surface area contributed by atoms with Crippen molar-refractivity contribution in [2.24, 2.45) is 0 Å². The number of thiazole rings is 2. The van der Waals surface area contributed by atoms with Crippen LogP contribution in [0.15, 0.2) is 96.0 Å². The van der Waals surface area contributed by atoms with Crippen LogP contribution in [-0.2, 0) is 0 Å². The average Bonchev–Trinajstić information content (AvgIpc) is 3.67. The summed E-state index contributed by atoms with van der Waals surface area (Å²) < 4.78 is 0. The molecule has 0 aliphatic heterocycles. The van der Waals surface area contributed by atoms with Crippen molar-refractivity contribution in [1.29, 1.82) is 0 Å². The highest BCUT2D eigenvalue weighted by Gasteiger charge is 2.14. The van der Waals surface area contributed by atoms with Crippen molar-refractivity contribution < 1.29 is 0 Å². The summed E-state index contributed by atoms with van der Waals surface area (Å²) in [4.78, 5) is 28.8. The first-order chi connectivity index (χ1) is 18.8. The van der Waals surface area contributed by atoms with Gasteiger partial charge >= 0.3 is 0 Å². The molecule has 6 aromatic heterocycles. The molecule has 0 amide bonds. The molecule has 0 fully saturated rings. The smallest absolute Gasteiger partial charge is 0.142 e. The van der Waals surface area contributed by atoms with Gasteiger partial charge in [-0.1, -0.05) is 48.5 Å². The lowest BCUT2D eigenvalue weighted by Crippen LogP contribution is -1.89. The zero-order valence-corrected chi connectivity index (χ0v) is 21.4. The normalized spacial score (nSPS) is 11.7. The summed E-state index contributed by atoms with van der Waals surface area (Å²) in [6.07, 6.45) is 3.61. The molecule has 0 aliphatic carbocycles. The first-order valence-electron chi connectivity index (χ1n) is 12.0. The first kappa shape index (κ1) is 21.4. The van der Waals surface area contributed by atoms with E-state index in [2.05, 4.69) is 58.5 Å². The van der Waals surface area contributed by atoms with Crippen molar-refractivity contribution in [3.05, 3.63) is 96.0 Å². The molecule has 38 heavy (non-hydrogen) atoms. The Balaban J connectivity index is 1.16. The third kappa shape index (κ3) is 3.46. The van der Waals surface area contributed by atoms with Crippen molar-refractivity contribution in [1.82, 2.24) is 29.9 Å². The van der Waals surface area contributed by atoms with Crippen molar-refractivity contribution in [3.63, 3.8) is 0 Å². The van der Waals surface area contributed by atoms with E-state index in [1.165, 1.54) is 0 Å². The van der Waals surface area contributed by atoms with Crippen LogP contribution in [0.4, 0.5) is 0 Å². The molecular formula is C30H16N6S2. The lowest BCUT2D eigenvalue weighted by molar-refractivity contribution is 1.29. The molecule has 0 unspecified atom stereocenters. The van der Waals surface area contributed by atoms with Crippen LogP contribution in [0.3, 0.4) is 0 Å². The van der Waals surface area contributed by atoms with E-state index in [0.717, 1.165) is 76.4 Å². The second-order valence-electron chi connectivity index (χ2n) is 8.89. The fourth-order valence-electron chi connectivity index (χ4n) is 4.70. The van der Waals surface area contributed by atoms with Crippen LogP contribution in [0.5, 0.6) is 0 Å². The van der Waals surface area contributed by atoms with Crippen molar-refractivity contribution >= 4 is 66.3 Å². The van der Waals surface area contributed by atoms with E-state index in [-0.39, 0.29) is 0 Å². The highest BCUT2D eigenvalue weighted by Crippen LogP contribution is 2.34. The monoisotopic (exact) mass is 524 g/mol. The van der Waals surface area contributed by atoms with Crippen molar-refractivity contribution in [2.45, 2.75) is 0 Å². The van der Waals surface area contributed by atoms with E-state index in [0.29, 0.717) is 0 Å². The third-order valence-electron chi connectivity index (χ3n) is 6.57. The van der Waals surface area contributed by atoms with Crippen LogP contribution in [0.25, 0.3) is 76.4 Å². The van der Waals surface area contributed by atoms with Crippen LogP contribution < -0.4 is 0 Å². The number of hydrogen-bond donors (Lipinski definition) is 0. The van der Waals surface area contributed by atoms with Gasteiger partial charge < -0.3 is 0 Å². The maximum atomic E-state index is 4.94. The standard InChI is InChI=1S/C30H16N6S2/c1-3-17-5-7-19-9-11-21(33-27(19)25(17)31-13-1)29-35-23(15-37-29)24-16-38-30(36-24)22-12-10-20-8-6-18-4-2-14-32-26(18)28(20)34-22/h1-16H. The van der Waals surface area contributed by atoms with Gasteiger partial charge in [0.15, 0.2) is 0 Å². The highest BCUT2D eigenvalue weighted by atomic mass is 32.1. The topological polar surface area (TPSA) is 77.3 Å². The Labute approximate surface area is 224 Å². The molecule has 2 aromatic carbocycles. The van der Waals surface area contributed by atoms with Gasteiger partial charge in [0.2, 0.25) is 0 Å². The highest BCUT2D eigenvalue weighted by molar-refractivity contribution is 7.14. The Morgan fingerprint density at radius 1 is 0.395 bits per heavy atom. The number of aromatic nitrogens is 6. The third-order valence-corrected chi connectivity index (χ3v) is 8.30. The van der Waals surface area contributed by atoms with E-state index < -0.39 is 0 Å². The average molecular weight is 525 g/mol. The van der Waals surface area contributed by atoms with Crippen LogP contribution in [-0.4, -0.2) is 29.9 Å². The summed E-state index contributed by atoms with van der Waals surface area (Å²) in [5.74, 6) is 0. The van der Waals surface area contributed by atoms with Crippen molar-refractivity contribution in [3.8, 4) is 32.8 Å². The van der Waals surface area contributed by atoms with E-state index in [9.17, 15) is 0 Å². The minimum atomic E-state index is 0.831. The minimum absolute atomic E-state index is 0.831. The number of fused-ring (bicyclic) bond motifs is 6. The molecule has 6 nitrogen and oxygen atoms in total. The lowest BCUT2D eigenvalue weighted by Gasteiger charge is -2.04. The molecule has 8 aromatic rings. The van der Waals surface area contributed by atoms with Gasteiger partial charge in [-0.25, -0.2) is 19.9 Å². The van der Waals surface area contributed by atoms with Crippen LogP contribution in [0.2, 0.25) is 0 Å². The second kappa shape index (κ2) is 8.44. The molecule has 0 saturated heterocycles. The van der Waals surface area contributed by atoms with E-state index >= 15 is 0 Å². The van der Waals surface area contributed by atoms with Gasteiger partial charge in [0, 0.05) is 44.7 Å². The van der Waals surface area contributed by atoms with Crippen LogP contribution in [0.1, 0.15) is 0 Å². The zero-order valence-electron chi connectivity index (χ0n) is 19.7. The van der Waals surface area contributed by atoms with Gasteiger partial charge in [-0.05, 0) is 24.3 Å². The molecule has 0 saturated carbocycles. The molecule has 0 bridgehead atoms. The quantitative estimate of drug-likeness (QED) is 0.220. The molecule has 0 spiro atoms. The largest absolute Gasteiger partial charge is 0.254 e. The Hall–Kier alpha value is -4.66. The number of rotatable bonds is 3. The molecule has 178 valence electrons. The SMILES string of the molecule is c1cnc2c(c1)ccc1ccc(-c3nc(-c4csc(-c5ccc6ccc7cccnc7c6n5)n4)cs3)nc12. The number of benzene rings is 2. The fourth-order valence-corrected chi connectivity index (χ4v) is 6.27. The Morgan fingerprint density at radius 3 is 1.29 bits per heavy atom. The first-order valence-corrected chi connectivity index (χ1v) is 13.8. The summed E-state index contributed by atoms with van der Waals surface area (Å²) in [5, 5.41) is 10.0. The molecule has 0 atom stereocenters. The molecule has 0 aliphatic rings. The Bertz CT molecular complexity index is 2010. The molecule has 6 heterocycles. The minimum Gasteiger partial charge on any atom is -0.254 e. The Morgan fingerprint density at radius 2 is 0.816 bits per heavy atom. The summed E-state index contributed by atoms with van der Waals surface area (Å²) in [6, 6.07) is 24.5. The lowest BCUT2D eigenvalue weighted by atomic mass is 10.1. The van der Waals surface area contributed by atoms with E-state index in [4.69, 9.17) is 19.9 Å². The summed E-state index contributed by atoms with van der Waals surface area (Å²) in [7, 11) is 0. The van der Waals surface area contributed by atoms with Gasteiger partial charge in [0.05, 0.1) is 33.5 Å². The van der Waals surface area contributed by atoms with Gasteiger partial charge in [-0.2, -0.15) is 0 Å². The Kier molecular flexibility index (Phi) is 4.76. The summed E-state index contributed by atoms with van der Waals surface area (Å²) in [5.41, 5.74) is 6.90. The molecule has 8 heteroatoms. The van der Waals surface area contributed by atoms with Crippen molar-refractivity contribution in [2.75, 3.05) is 0 Å². The molecule has 0 N–H and O–H groups in total. The molecule has 8 rings (SSSR count). The number of nitrogens with zero attached hydrogens (tertiary/aromatic N) is 6. The van der Waals surface area contributed by atoms with Crippen LogP contribution in [0, 0.1) is 0 Å². The maximum Gasteiger partial charge on any atom is 0.142 e. The van der Waals surface area contributed by atoms with Gasteiger partial charge in [-0.3, -0.25) is 9.97 Å². The predicted octanol–water partition coefficient (Wildman–Crippen LogP) is 7.79. The fraction of sp³-hybridized carbons (Fsp3) is 0. The van der Waals surface area contributed by atoms with E-state index in [1.54, 1.807) is 35.1 Å². The summed E-state index contributed by atoms with van der Waals surface area (Å²) in [6.45, 7) is 0. The summed E-state index contributed by atoms with van der Waals surface area (Å²) >= 11 is 3.13. The van der Waals surface area contributed by atoms with Gasteiger partial charge in [0.25, 0.3) is 0 Å². The van der Waals surface area contributed by atoms with Gasteiger partial charge in [-0.15, -0.1) is 22.7 Å². The van der Waals surface area contributed by atoms with Crippen LogP contribution >= 0.6 is 22.7 Å². The maximum absolute atomic E-state index is 4.94. The molecule has 0 radical (unpaired) electrons. The number of hydrogen-bond acceptors (Lipinski definition) is 8. The number of pyridine rings is 4. The predicted molar refractivity (Wildman–Crippen MR) is 155 cm³/mol. The molecular weight excluding hydrogens is 509 g/mol. The van der Waals surface area contributed by atoms with E-state index in [1.807, 2.05) is 35.0 Å².